The Morgan fingerprint density at radius 1 is 1.50 bits per heavy atom. The lowest BCUT2D eigenvalue weighted by molar-refractivity contribution is -0.145. The van der Waals surface area contributed by atoms with Crippen LogP contribution in [0, 0.1) is 5.41 Å². The molecule has 114 valence electrons. The molecule has 0 aromatic heterocycles. The van der Waals surface area contributed by atoms with E-state index in [0.29, 0.717) is 6.42 Å². The van der Waals surface area contributed by atoms with Crippen LogP contribution >= 0.6 is 0 Å². The molecule has 3 unspecified atom stereocenters. The minimum atomic E-state index is -1.17. The van der Waals surface area contributed by atoms with Gasteiger partial charge in [-0.15, -0.1) is 0 Å². The van der Waals surface area contributed by atoms with Crippen molar-refractivity contribution in [3.05, 3.63) is 0 Å². The Morgan fingerprint density at radius 3 is 2.60 bits per heavy atom. The van der Waals surface area contributed by atoms with E-state index in [1.165, 1.54) is 7.11 Å². The predicted octanol–water partition coefficient (Wildman–Crippen LogP) is 0.0265. The molecule has 1 aliphatic carbocycles. The van der Waals surface area contributed by atoms with Crippen molar-refractivity contribution < 1.29 is 24.2 Å². The van der Waals surface area contributed by atoms with E-state index < -0.39 is 23.4 Å². The number of nitrogens with one attached hydrogen (secondary N) is 1. The first-order chi connectivity index (χ1) is 9.31. The van der Waals surface area contributed by atoms with Crippen molar-refractivity contribution in [1.82, 2.24) is 5.32 Å². The smallest absolute Gasteiger partial charge is 0.326 e. The number of methoxy groups -OCH3 is 1. The second kappa shape index (κ2) is 6.69. The number of carboxylic acid groups (broad SMARTS) is 1. The molecule has 7 nitrogen and oxygen atoms in total. The van der Waals surface area contributed by atoms with Gasteiger partial charge in [0.1, 0.15) is 6.04 Å². The van der Waals surface area contributed by atoms with Crippen molar-refractivity contribution in [3.8, 4) is 0 Å². The van der Waals surface area contributed by atoms with Crippen LogP contribution in [0.2, 0.25) is 0 Å². The normalized spacial score (nSPS) is 26.9. The summed E-state index contributed by atoms with van der Waals surface area (Å²) in [6.45, 7) is 1.75. The lowest BCUT2D eigenvalue weighted by Crippen LogP contribution is -2.52. The molecule has 1 aliphatic rings. The third kappa shape index (κ3) is 3.69. The highest BCUT2D eigenvalue weighted by Gasteiger charge is 2.44. The van der Waals surface area contributed by atoms with Crippen LogP contribution < -0.4 is 11.1 Å². The van der Waals surface area contributed by atoms with E-state index in [4.69, 9.17) is 10.8 Å². The van der Waals surface area contributed by atoms with E-state index in [1.807, 2.05) is 0 Å². The Kier molecular flexibility index (Phi) is 5.50. The molecule has 0 radical (unpaired) electrons. The SMILES string of the molecule is COC(=O)CCC(NC(=O)C1(C)CCCC1N)C(=O)O. The zero-order valence-electron chi connectivity index (χ0n) is 11.8. The van der Waals surface area contributed by atoms with Gasteiger partial charge in [-0.05, 0) is 26.2 Å². The average Bonchev–Trinajstić information content (AvgIpc) is 2.74. The number of carboxylic acids is 1. The molecular formula is C13H22N2O5. The number of ether oxygens (including phenoxy) is 1. The van der Waals surface area contributed by atoms with Crippen LogP contribution in [0.1, 0.15) is 39.0 Å². The number of carbonyl (C=O) groups excluding carboxylic acids is 2. The maximum absolute atomic E-state index is 12.2. The van der Waals surface area contributed by atoms with Gasteiger partial charge < -0.3 is 20.9 Å². The molecule has 4 N–H and O–H groups in total. The molecule has 0 bridgehead atoms. The van der Waals surface area contributed by atoms with E-state index in [0.717, 1.165) is 12.8 Å². The lowest BCUT2D eigenvalue weighted by atomic mass is 9.84. The molecule has 0 aromatic carbocycles. The Bertz CT molecular complexity index is 398. The number of amides is 1. The molecule has 1 saturated carbocycles. The van der Waals surface area contributed by atoms with Gasteiger partial charge in [-0.1, -0.05) is 6.42 Å². The summed E-state index contributed by atoms with van der Waals surface area (Å²) in [5, 5.41) is 11.6. The minimum Gasteiger partial charge on any atom is -0.480 e. The van der Waals surface area contributed by atoms with E-state index in [-0.39, 0.29) is 24.8 Å². The zero-order chi connectivity index (χ0) is 15.3. The molecular weight excluding hydrogens is 264 g/mol. The molecule has 3 atom stereocenters. The third-order valence-corrected chi connectivity index (χ3v) is 4.02. The van der Waals surface area contributed by atoms with Crippen molar-refractivity contribution >= 4 is 17.8 Å². The summed E-state index contributed by atoms with van der Waals surface area (Å²) < 4.78 is 4.46. The van der Waals surface area contributed by atoms with Crippen LogP contribution in [-0.4, -0.2) is 42.1 Å². The van der Waals surface area contributed by atoms with Gasteiger partial charge in [0.05, 0.1) is 12.5 Å². The molecule has 1 amide bonds. The van der Waals surface area contributed by atoms with Crippen LogP contribution in [0.3, 0.4) is 0 Å². The monoisotopic (exact) mass is 286 g/mol. The highest BCUT2D eigenvalue weighted by Crippen LogP contribution is 2.36. The maximum atomic E-state index is 12.2. The predicted molar refractivity (Wildman–Crippen MR) is 70.7 cm³/mol. The average molecular weight is 286 g/mol. The Hall–Kier alpha value is -1.63. The molecule has 0 saturated heterocycles. The van der Waals surface area contributed by atoms with Crippen molar-refractivity contribution in [1.29, 1.82) is 0 Å². The van der Waals surface area contributed by atoms with Crippen LogP contribution in [0.4, 0.5) is 0 Å². The summed E-state index contributed by atoms with van der Waals surface area (Å²) in [5.41, 5.74) is 5.19. The Labute approximate surface area is 117 Å². The van der Waals surface area contributed by atoms with E-state index in [2.05, 4.69) is 10.1 Å². The fraction of sp³-hybridized carbons (Fsp3) is 0.769. The van der Waals surface area contributed by atoms with Gasteiger partial charge in [0.25, 0.3) is 0 Å². The fourth-order valence-corrected chi connectivity index (χ4v) is 2.42. The summed E-state index contributed by atoms with van der Waals surface area (Å²) in [6, 6.07) is -1.37. The summed E-state index contributed by atoms with van der Waals surface area (Å²) in [4.78, 5) is 34.4. The first-order valence-corrected chi connectivity index (χ1v) is 6.67. The van der Waals surface area contributed by atoms with Gasteiger partial charge >= 0.3 is 11.9 Å². The highest BCUT2D eigenvalue weighted by atomic mass is 16.5. The van der Waals surface area contributed by atoms with Gasteiger partial charge in [-0.2, -0.15) is 0 Å². The van der Waals surface area contributed by atoms with Crippen LogP contribution in [0.15, 0.2) is 0 Å². The number of hydrogen-bond donors (Lipinski definition) is 3. The van der Waals surface area contributed by atoms with Gasteiger partial charge in [0.15, 0.2) is 0 Å². The van der Waals surface area contributed by atoms with Crippen molar-refractivity contribution in [2.45, 2.75) is 51.1 Å². The zero-order valence-corrected chi connectivity index (χ0v) is 11.8. The van der Waals surface area contributed by atoms with Gasteiger partial charge in [0, 0.05) is 12.5 Å². The number of nitrogens with two attached hydrogens (primary N) is 1. The summed E-state index contributed by atoms with van der Waals surface area (Å²) in [7, 11) is 1.23. The molecule has 0 aromatic rings. The second-order valence-corrected chi connectivity index (χ2v) is 5.40. The van der Waals surface area contributed by atoms with E-state index in [1.54, 1.807) is 6.92 Å². The first-order valence-electron chi connectivity index (χ1n) is 6.67. The second-order valence-electron chi connectivity index (χ2n) is 5.40. The molecule has 20 heavy (non-hydrogen) atoms. The molecule has 1 rings (SSSR count). The van der Waals surface area contributed by atoms with E-state index in [9.17, 15) is 14.4 Å². The number of aliphatic carboxylic acids is 1. The highest BCUT2D eigenvalue weighted by molar-refractivity contribution is 5.88. The number of carbonyl (C=O) groups is 3. The topological polar surface area (TPSA) is 119 Å². The molecule has 1 fully saturated rings. The van der Waals surface area contributed by atoms with Gasteiger partial charge in [0.2, 0.25) is 5.91 Å². The van der Waals surface area contributed by atoms with Crippen LogP contribution in [0.25, 0.3) is 0 Å². The quantitative estimate of drug-likeness (QED) is 0.593. The van der Waals surface area contributed by atoms with Crippen molar-refractivity contribution in [2.75, 3.05) is 7.11 Å². The number of rotatable bonds is 6. The Balaban J connectivity index is 2.63. The van der Waals surface area contributed by atoms with Gasteiger partial charge in [-0.25, -0.2) is 4.79 Å². The Morgan fingerprint density at radius 2 is 2.15 bits per heavy atom. The van der Waals surface area contributed by atoms with Crippen LogP contribution in [0.5, 0.6) is 0 Å². The van der Waals surface area contributed by atoms with Crippen LogP contribution in [-0.2, 0) is 19.1 Å². The third-order valence-electron chi connectivity index (χ3n) is 4.02. The minimum absolute atomic E-state index is 0.000928. The lowest BCUT2D eigenvalue weighted by Gasteiger charge is -2.29. The van der Waals surface area contributed by atoms with Crippen molar-refractivity contribution in [3.63, 3.8) is 0 Å². The standard InChI is InChI=1S/C13H22N2O5/c1-13(7-3-4-9(13)14)12(19)15-8(11(17)18)5-6-10(16)20-2/h8-9H,3-7,14H2,1-2H3,(H,15,19)(H,17,18). The molecule has 0 heterocycles. The fourth-order valence-electron chi connectivity index (χ4n) is 2.42. The number of hydrogen-bond acceptors (Lipinski definition) is 5. The molecule has 0 aliphatic heterocycles. The summed E-state index contributed by atoms with van der Waals surface area (Å²) >= 11 is 0. The van der Waals surface area contributed by atoms with Crippen molar-refractivity contribution in [2.24, 2.45) is 11.1 Å². The molecule has 0 spiro atoms. The maximum Gasteiger partial charge on any atom is 0.326 e. The van der Waals surface area contributed by atoms with Gasteiger partial charge in [-0.3, -0.25) is 9.59 Å². The largest absolute Gasteiger partial charge is 0.480 e. The summed E-state index contributed by atoms with van der Waals surface area (Å²) in [5.74, 6) is -2.04. The molecule has 7 heteroatoms. The first kappa shape index (κ1) is 16.4. The number of esters is 1. The summed E-state index contributed by atoms with van der Waals surface area (Å²) in [6.07, 6.45) is 2.19. The van der Waals surface area contributed by atoms with E-state index >= 15 is 0 Å².